The van der Waals surface area contributed by atoms with E-state index >= 15 is 0 Å². The second kappa shape index (κ2) is 6.60. The number of methoxy groups -OCH3 is 1. The zero-order valence-corrected chi connectivity index (χ0v) is 13.8. The molecule has 0 bridgehead atoms. The second-order valence-electron chi connectivity index (χ2n) is 5.49. The van der Waals surface area contributed by atoms with E-state index in [9.17, 15) is 8.42 Å². The lowest BCUT2D eigenvalue weighted by Crippen LogP contribution is -2.27. The van der Waals surface area contributed by atoms with Crippen molar-refractivity contribution in [2.24, 2.45) is 0 Å². The zero-order chi connectivity index (χ0) is 16.3. The Morgan fingerprint density at radius 3 is 1.96 bits per heavy atom. The Morgan fingerprint density at radius 2 is 1.43 bits per heavy atom. The minimum absolute atomic E-state index is 0.347. The van der Waals surface area contributed by atoms with Gasteiger partial charge in [0.05, 0.1) is 12.0 Å². The third kappa shape index (κ3) is 3.48. The molecule has 0 saturated carbocycles. The van der Waals surface area contributed by atoms with Gasteiger partial charge in [-0.05, 0) is 61.4 Å². The molecular weight excluding hydrogens is 312 g/mol. The van der Waals surface area contributed by atoms with Crippen LogP contribution in [-0.2, 0) is 10.0 Å². The zero-order valence-electron chi connectivity index (χ0n) is 13.0. The van der Waals surface area contributed by atoms with E-state index in [0.29, 0.717) is 18.0 Å². The fourth-order valence-corrected chi connectivity index (χ4v) is 4.15. The quantitative estimate of drug-likeness (QED) is 0.913. The molecule has 0 spiro atoms. The first kappa shape index (κ1) is 15.8. The minimum atomic E-state index is -3.35. The van der Waals surface area contributed by atoms with E-state index in [1.165, 1.54) is 0 Å². The van der Waals surface area contributed by atoms with E-state index in [-0.39, 0.29) is 0 Å². The summed E-state index contributed by atoms with van der Waals surface area (Å²) in [6, 6.07) is 14.4. The molecule has 6 heteroatoms. The Bertz CT molecular complexity index is 749. The van der Waals surface area contributed by atoms with Gasteiger partial charge in [-0.3, -0.25) is 0 Å². The molecule has 0 unspecified atom stereocenters. The molecule has 1 N–H and O–H groups in total. The SMILES string of the molecule is COc1ccc(Nc2ccc(S(=O)(=O)N3CCCC3)cc2)cc1. The fraction of sp³-hybridized carbons (Fsp3) is 0.294. The van der Waals surface area contributed by atoms with E-state index in [1.807, 2.05) is 24.3 Å². The molecule has 1 fully saturated rings. The van der Waals surface area contributed by atoms with Crippen molar-refractivity contribution < 1.29 is 13.2 Å². The standard InChI is InChI=1S/C17H20N2O3S/c1-22-16-8-4-14(5-9-16)18-15-6-10-17(11-7-15)23(20,21)19-12-2-3-13-19/h4-11,18H,2-3,12-13H2,1H3. The summed E-state index contributed by atoms with van der Waals surface area (Å²) < 4.78 is 31.6. The number of anilines is 2. The Labute approximate surface area is 136 Å². The average molecular weight is 332 g/mol. The average Bonchev–Trinajstić information content (AvgIpc) is 3.11. The van der Waals surface area contributed by atoms with Crippen LogP contribution in [-0.4, -0.2) is 32.9 Å². The Balaban J connectivity index is 1.73. The van der Waals surface area contributed by atoms with Gasteiger partial charge in [0.15, 0.2) is 0 Å². The highest BCUT2D eigenvalue weighted by molar-refractivity contribution is 7.89. The van der Waals surface area contributed by atoms with Gasteiger partial charge >= 0.3 is 0 Å². The van der Waals surface area contributed by atoms with E-state index in [1.54, 1.807) is 35.7 Å². The van der Waals surface area contributed by atoms with Crippen LogP contribution >= 0.6 is 0 Å². The Kier molecular flexibility index (Phi) is 4.54. The molecule has 2 aromatic carbocycles. The third-order valence-corrected chi connectivity index (χ3v) is 5.85. The molecule has 5 nitrogen and oxygen atoms in total. The maximum absolute atomic E-state index is 12.5. The van der Waals surface area contributed by atoms with Crippen molar-refractivity contribution in [3.8, 4) is 5.75 Å². The minimum Gasteiger partial charge on any atom is -0.497 e. The summed E-state index contributed by atoms with van der Waals surface area (Å²) in [7, 11) is -1.72. The molecule has 0 aromatic heterocycles. The van der Waals surface area contributed by atoms with Gasteiger partial charge in [-0.15, -0.1) is 0 Å². The van der Waals surface area contributed by atoms with Crippen molar-refractivity contribution in [1.29, 1.82) is 0 Å². The van der Waals surface area contributed by atoms with Crippen LogP contribution in [0.3, 0.4) is 0 Å². The lowest BCUT2D eigenvalue weighted by atomic mass is 10.2. The van der Waals surface area contributed by atoms with Gasteiger partial charge < -0.3 is 10.1 Å². The topological polar surface area (TPSA) is 58.6 Å². The van der Waals surface area contributed by atoms with Crippen LogP contribution in [0.1, 0.15) is 12.8 Å². The van der Waals surface area contributed by atoms with Crippen molar-refractivity contribution >= 4 is 21.4 Å². The lowest BCUT2D eigenvalue weighted by molar-refractivity contribution is 0.415. The number of rotatable bonds is 5. The molecule has 0 amide bonds. The number of benzene rings is 2. The van der Waals surface area contributed by atoms with Gasteiger partial charge in [-0.1, -0.05) is 0 Å². The number of sulfonamides is 1. The first-order valence-corrected chi connectivity index (χ1v) is 9.05. The number of nitrogens with zero attached hydrogens (tertiary/aromatic N) is 1. The highest BCUT2D eigenvalue weighted by Crippen LogP contribution is 2.24. The number of ether oxygens (including phenoxy) is 1. The molecule has 23 heavy (non-hydrogen) atoms. The molecule has 0 aliphatic carbocycles. The van der Waals surface area contributed by atoms with Crippen LogP contribution in [0.5, 0.6) is 5.75 Å². The fourth-order valence-electron chi connectivity index (χ4n) is 2.63. The van der Waals surface area contributed by atoms with Crippen molar-refractivity contribution in [2.75, 3.05) is 25.5 Å². The van der Waals surface area contributed by atoms with Gasteiger partial charge in [0, 0.05) is 24.5 Å². The number of hydrogen-bond acceptors (Lipinski definition) is 4. The van der Waals surface area contributed by atoms with Gasteiger partial charge in [0.25, 0.3) is 0 Å². The maximum atomic E-state index is 12.5. The largest absolute Gasteiger partial charge is 0.497 e. The first-order chi connectivity index (χ1) is 11.1. The van der Waals surface area contributed by atoms with Gasteiger partial charge in [-0.2, -0.15) is 4.31 Å². The van der Waals surface area contributed by atoms with Crippen LogP contribution in [0.4, 0.5) is 11.4 Å². The lowest BCUT2D eigenvalue weighted by Gasteiger charge is -2.16. The van der Waals surface area contributed by atoms with Gasteiger partial charge in [0.2, 0.25) is 10.0 Å². The summed E-state index contributed by atoms with van der Waals surface area (Å²) in [5.74, 6) is 0.794. The van der Waals surface area contributed by atoms with Crippen molar-refractivity contribution in [2.45, 2.75) is 17.7 Å². The monoisotopic (exact) mass is 332 g/mol. The highest BCUT2D eigenvalue weighted by atomic mass is 32.2. The van der Waals surface area contributed by atoms with Gasteiger partial charge in [-0.25, -0.2) is 8.42 Å². The Morgan fingerprint density at radius 1 is 0.913 bits per heavy atom. The highest BCUT2D eigenvalue weighted by Gasteiger charge is 2.26. The summed E-state index contributed by atoms with van der Waals surface area (Å²) in [6.07, 6.45) is 1.88. The maximum Gasteiger partial charge on any atom is 0.243 e. The predicted octanol–water partition coefficient (Wildman–Crippen LogP) is 3.22. The second-order valence-corrected chi connectivity index (χ2v) is 7.43. The van der Waals surface area contributed by atoms with Crippen LogP contribution < -0.4 is 10.1 Å². The normalized spacial score (nSPS) is 15.5. The summed E-state index contributed by atoms with van der Waals surface area (Å²) in [5, 5.41) is 3.24. The Hall–Kier alpha value is -2.05. The first-order valence-electron chi connectivity index (χ1n) is 7.61. The molecule has 1 heterocycles. The van der Waals surface area contributed by atoms with E-state index in [2.05, 4.69) is 5.32 Å². The van der Waals surface area contributed by atoms with E-state index in [4.69, 9.17) is 4.74 Å². The van der Waals surface area contributed by atoms with Crippen LogP contribution in [0.15, 0.2) is 53.4 Å². The molecule has 3 rings (SSSR count). The molecule has 0 radical (unpaired) electrons. The molecule has 122 valence electrons. The summed E-state index contributed by atoms with van der Waals surface area (Å²) in [5.41, 5.74) is 1.76. The van der Waals surface area contributed by atoms with Crippen molar-refractivity contribution in [1.82, 2.24) is 4.31 Å². The summed E-state index contributed by atoms with van der Waals surface area (Å²) in [6.45, 7) is 1.24. The molecule has 1 aliphatic rings. The summed E-state index contributed by atoms with van der Waals surface area (Å²) in [4.78, 5) is 0.347. The van der Waals surface area contributed by atoms with Crippen LogP contribution in [0.25, 0.3) is 0 Å². The molecule has 2 aromatic rings. The third-order valence-electron chi connectivity index (χ3n) is 3.94. The summed E-state index contributed by atoms with van der Waals surface area (Å²) >= 11 is 0. The molecule has 0 atom stereocenters. The van der Waals surface area contributed by atoms with E-state index in [0.717, 1.165) is 30.0 Å². The van der Waals surface area contributed by atoms with Gasteiger partial charge in [0.1, 0.15) is 5.75 Å². The molecular formula is C17H20N2O3S. The number of nitrogens with one attached hydrogen (secondary N) is 1. The molecule has 1 aliphatic heterocycles. The smallest absolute Gasteiger partial charge is 0.243 e. The van der Waals surface area contributed by atoms with Crippen molar-refractivity contribution in [3.63, 3.8) is 0 Å². The van der Waals surface area contributed by atoms with E-state index < -0.39 is 10.0 Å². The predicted molar refractivity (Wildman–Crippen MR) is 90.7 cm³/mol. The van der Waals surface area contributed by atoms with Crippen LogP contribution in [0.2, 0.25) is 0 Å². The van der Waals surface area contributed by atoms with Crippen molar-refractivity contribution in [3.05, 3.63) is 48.5 Å². The number of hydrogen-bond donors (Lipinski definition) is 1. The molecule has 1 saturated heterocycles. The van der Waals surface area contributed by atoms with Crippen LogP contribution in [0, 0.1) is 0 Å².